The van der Waals surface area contributed by atoms with Gasteiger partial charge in [0.1, 0.15) is 0 Å². The Kier molecular flexibility index (Phi) is 42.3. The zero-order valence-corrected chi connectivity index (χ0v) is 40.0. The van der Waals surface area contributed by atoms with Crippen molar-refractivity contribution >= 4 is 64.6 Å². The number of hydrogen-bond acceptors (Lipinski definition) is 0. The summed E-state index contributed by atoms with van der Waals surface area (Å²) in [7, 11) is 2.34. The van der Waals surface area contributed by atoms with E-state index in [1.807, 2.05) is 0 Å². The van der Waals surface area contributed by atoms with Crippen LogP contribution in [0, 0.1) is 53.3 Å². The van der Waals surface area contributed by atoms with Gasteiger partial charge in [-0.2, -0.15) is 0 Å². The Morgan fingerprint density at radius 1 is 0.286 bits per heavy atom. The SMILES string of the molecule is CC(C)CP(CC(C)C)CC(C)C.CC(C)CP(CC(C)C)CC(C)C.CC(C)CP(CC(C)C)CC(C)C.[I][Co][I]. The van der Waals surface area contributed by atoms with Crippen LogP contribution >= 0.6 is 64.6 Å². The Bertz CT molecular complexity index is 381. The zero-order valence-electron chi connectivity index (χ0n) is 32.0. The summed E-state index contributed by atoms with van der Waals surface area (Å²) in [5, 5.41) is 0. The third-order valence-electron chi connectivity index (χ3n) is 5.61. The van der Waals surface area contributed by atoms with E-state index in [1.165, 1.54) is 63.7 Å². The second-order valence-electron chi connectivity index (χ2n) is 16.2. The molecular weight excluding hydrogens is 838 g/mol. The molecule has 0 N–H and O–H groups in total. The van der Waals surface area contributed by atoms with Crippen LogP contribution in [0.4, 0.5) is 0 Å². The molecule has 0 saturated heterocycles. The first kappa shape index (κ1) is 52.1. The van der Waals surface area contributed by atoms with E-state index >= 15 is 0 Å². The van der Waals surface area contributed by atoms with Crippen molar-refractivity contribution in [2.45, 2.75) is 125 Å². The molecule has 0 amide bonds. The van der Waals surface area contributed by atoms with Gasteiger partial charge in [0.2, 0.25) is 0 Å². The Morgan fingerprint density at radius 3 is 0.405 bits per heavy atom. The summed E-state index contributed by atoms with van der Waals surface area (Å²) < 4.78 is 0. The normalized spacial score (nSPS) is 12.1. The molecule has 0 aromatic rings. The van der Waals surface area contributed by atoms with E-state index < -0.39 is 0 Å². The second kappa shape index (κ2) is 34.1. The Hall–Kier alpha value is 3.26. The summed E-state index contributed by atoms with van der Waals surface area (Å²) in [6.07, 6.45) is 13.3. The maximum atomic E-state index is 2.36. The summed E-state index contributed by atoms with van der Waals surface area (Å²) in [5.74, 6) is 8.03. The summed E-state index contributed by atoms with van der Waals surface area (Å²) >= 11 is 4.49. The van der Waals surface area contributed by atoms with E-state index in [-0.39, 0.29) is 0 Å². The van der Waals surface area contributed by atoms with Crippen molar-refractivity contribution in [2.24, 2.45) is 53.3 Å². The van der Waals surface area contributed by atoms with E-state index in [0.717, 1.165) is 53.3 Å². The van der Waals surface area contributed by atoms with Gasteiger partial charge in [0.25, 0.3) is 0 Å². The fourth-order valence-electron chi connectivity index (χ4n) is 5.32. The van der Waals surface area contributed by atoms with E-state index in [4.69, 9.17) is 0 Å². The molecule has 0 spiro atoms. The van der Waals surface area contributed by atoms with Gasteiger partial charge in [-0.1, -0.05) is 125 Å². The van der Waals surface area contributed by atoms with E-state index in [1.54, 1.807) is 0 Å². The van der Waals surface area contributed by atoms with E-state index in [2.05, 4.69) is 165 Å². The molecule has 263 valence electrons. The molecule has 6 heteroatoms. The average molecular weight is 920 g/mol. The second-order valence-corrected chi connectivity index (χ2v) is 32.3. The topological polar surface area (TPSA) is 0 Å². The van der Waals surface area contributed by atoms with Crippen LogP contribution in [-0.2, 0) is 8.26 Å². The molecule has 0 nitrogen and oxygen atoms in total. The van der Waals surface area contributed by atoms with Gasteiger partial charge in [0, 0.05) is 0 Å². The van der Waals surface area contributed by atoms with Crippen LogP contribution in [0.5, 0.6) is 0 Å². The molecule has 0 heterocycles. The third kappa shape index (κ3) is 50.1. The molecule has 0 fully saturated rings. The van der Waals surface area contributed by atoms with Gasteiger partial charge in [-0.3, -0.25) is 0 Å². The van der Waals surface area contributed by atoms with Crippen molar-refractivity contribution in [2.75, 3.05) is 55.5 Å². The summed E-state index contributed by atoms with van der Waals surface area (Å²) in [5.41, 5.74) is 0. The predicted molar refractivity (Wildman–Crippen MR) is 226 cm³/mol. The molecule has 0 aromatic heterocycles. The number of halogens is 2. The molecule has 0 rings (SSSR count). The molecule has 0 radical (unpaired) electrons. The Labute approximate surface area is 303 Å². The predicted octanol–water partition coefficient (Wildman–Crippen LogP) is 15.1. The number of rotatable bonds is 18. The van der Waals surface area contributed by atoms with Crippen LogP contribution < -0.4 is 0 Å². The molecule has 0 aliphatic rings. The van der Waals surface area contributed by atoms with Gasteiger partial charge in [-0.15, -0.1) is 23.8 Å². The van der Waals surface area contributed by atoms with Gasteiger partial charge in [-0.25, -0.2) is 0 Å². The van der Waals surface area contributed by atoms with Crippen LogP contribution in [0.2, 0.25) is 0 Å². The average Bonchev–Trinajstić information content (AvgIpc) is 2.70. The third-order valence-corrected chi connectivity index (χ3v) is 16.8. The van der Waals surface area contributed by atoms with Crippen LogP contribution in [0.15, 0.2) is 0 Å². The summed E-state index contributed by atoms with van der Waals surface area (Å²) in [6, 6.07) is 0. The molecule has 0 atom stereocenters. The number of hydrogen-bond donors (Lipinski definition) is 0. The van der Waals surface area contributed by atoms with Crippen LogP contribution in [0.3, 0.4) is 0 Å². The van der Waals surface area contributed by atoms with Gasteiger partial charge in [0.05, 0.1) is 0 Å². The van der Waals surface area contributed by atoms with Gasteiger partial charge in [0.15, 0.2) is 0 Å². The Morgan fingerprint density at radius 2 is 0.357 bits per heavy atom. The van der Waals surface area contributed by atoms with Gasteiger partial charge < -0.3 is 0 Å². The quantitative estimate of drug-likeness (QED) is 0.0949. The van der Waals surface area contributed by atoms with Crippen molar-refractivity contribution in [3.05, 3.63) is 0 Å². The first-order chi connectivity index (χ1) is 19.2. The minimum absolute atomic E-state index is 0.321. The summed E-state index contributed by atoms with van der Waals surface area (Å²) in [4.78, 5) is 0. The van der Waals surface area contributed by atoms with E-state index in [0.29, 0.717) is 23.8 Å². The molecule has 0 aliphatic carbocycles. The molecular formula is C36H81CoI2P3. The fourth-order valence-corrected chi connectivity index (χ4v) is 16.0. The standard InChI is InChI=1S/3C12H27P.Co.2HI/c3*1-10(2)7-13(8-11(3)4)9-12(5)6;;;/h3*10-12H,7-9H2,1-6H3;;2*1H/q;;;+2;;/p-2. The molecule has 0 aromatic carbocycles. The monoisotopic (exact) mass is 919 g/mol. The summed E-state index contributed by atoms with van der Waals surface area (Å²) in [6.45, 7) is 42.4. The van der Waals surface area contributed by atoms with Crippen LogP contribution in [0.1, 0.15) is 125 Å². The molecule has 0 saturated carbocycles. The van der Waals surface area contributed by atoms with Crippen molar-refractivity contribution in [1.29, 1.82) is 0 Å². The van der Waals surface area contributed by atoms with Gasteiger partial charge in [-0.05, 0) is 109 Å². The maximum absolute atomic E-state index is 2.36. The van der Waals surface area contributed by atoms with Gasteiger partial charge >= 0.3 is 49.1 Å². The van der Waals surface area contributed by atoms with Crippen molar-refractivity contribution in [3.8, 4) is 0 Å². The first-order valence-electron chi connectivity index (χ1n) is 17.2. The van der Waals surface area contributed by atoms with Crippen LogP contribution in [0.25, 0.3) is 0 Å². The van der Waals surface area contributed by atoms with E-state index in [9.17, 15) is 0 Å². The van der Waals surface area contributed by atoms with Crippen molar-refractivity contribution in [3.63, 3.8) is 0 Å². The zero-order chi connectivity index (χ0) is 34.0. The first-order valence-corrected chi connectivity index (χ1v) is 29.6. The molecule has 0 aliphatic heterocycles. The molecule has 0 unspecified atom stereocenters. The fraction of sp³-hybridized carbons (Fsp3) is 1.00. The van der Waals surface area contributed by atoms with Crippen LogP contribution in [-0.4, -0.2) is 55.5 Å². The minimum atomic E-state index is 0.321. The Balaban J connectivity index is -0.000000246. The molecule has 0 bridgehead atoms. The molecule has 42 heavy (non-hydrogen) atoms. The van der Waals surface area contributed by atoms with Crippen molar-refractivity contribution < 1.29 is 8.26 Å². The van der Waals surface area contributed by atoms with Crippen molar-refractivity contribution in [1.82, 2.24) is 0 Å².